The lowest BCUT2D eigenvalue weighted by atomic mass is 9.72. The van der Waals surface area contributed by atoms with E-state index >= 15 is 0 Å². The van der Waals surface area contributed by atoms with Gasteiger partial charge in [0.25, 0.3) is 0 Å². The van der Waals surface area contributed by atoms with Gasteiger partial charge in [0.15, 0.2) is 17.7 Å². The number of ether oxygens (including phenoxy) is 2. The predicted molar refractivity (Wildman–Crippen MR) is 155 cm³/mol. The minimum Gasteiger partial charge on any atom is -0.469 e. The number of anilines is 1. The average Bonchev–Trinajstić information content (AvgIpc) is 3.63. The van der Waals surface area contributed by atoms with E-state index in [4.69, 9.17) is 13.9 Å². The number of carbonyl (C=O) groups is 3. The quantitative estimate of drug-likeness (QED) is 0.318. The molecule has 5 atom stereocenters. The summed E-state index contributed by atoms with van der Waals surface area (Å²) in [7, 11) is 1.28. The van der Waals surface area contributed by atoms with E-state index in [1.165, 1.54) is 7.11 Å². The molecule has 2 amide bonds. The van der Waals surface area contributed by atoms with Crippen LogP contribution in [0.1, 0.15) is 79.0 Å². The van der Waals surface area contributed by atoms with Crippen molar-refractivity contribution in [2.75, 3.05) is 12.4 Å². The molecular formula is C32H36N4O7. The Morgan fingerprint density at radius 3 is 2.63 bits per heavy atom. The predicted octanol–water partition coefficient (Wildman–Crippen LogP) is 3.20. The molecule has 1 spiro atoms. The number of esters is 1. The maximum Gasteiger partial charge on any atom is 0.360 e. The van der Waals surface area contributed by atoms with Gasteiger partial charge in [-0.25, -0.2) is 9.78 Å². The van der Waals surface area contributed by atoms with Crippen LogP contribution < -0.4 is 20.7 Å². The summed E-state index contributed by atoms with van der Waals surface area (Å²) in [5.41, 5.74) is 2.02. The second kappa shape index (κ2) is 10.7. The molecule has 3 aromatic rings. The molecule has 4 heterocycles. The number of para-hydroxylation sites is 1. The molecule has 1 aromatic heterocycles. The molecule has 3 aliphatic heterocycles. The van der Waals surface area contributed by atoms with Gasteiger partial charge in [-0.2, -0.15) is 0 Å². The highest BCUT2D eigenvalue weighted by molar-refractivity contribution is 5.91. The Balaban J connectivity index is 1.56. The zero-order valence-corrected chi connectivity index (χ0v) is 24.8. The van der Waals surface area contributed by atoms with Gasteiger partial charge < -0.3 is 34.9 Å². The van der Waals surface area contributed by atoms with Crippen LogP contribution >= 0.6 is 0 Å². The number of fused-ring (bicyclic) bond motifs is 4. The molecule has 2 aromatic carbocycles. The summed E-state index contributed by atoms with van der Waals surface area (Å²) in [4.78, 5) is 44.7. The lowest BCUT2D eigenvalue weighted by Gasteiger charge is -2.29. The summed E-state index contributed by atoms with van der Waals surface area (Å²) in [6, 6.07) is 11.5. The standard InChI is InChI=1S/C32H36N4O7/c1-15(2)12-22(37)28(39)33-21-14-17-10-11-23-19(13-17)32(18-8-6-7-9-20(18)34-31(32)42-23)26-25(30(40)41-5)36-29(43-26)24(16(3)4)35-27(21)38/h6-11,13,15-16,21-22,24,31,34,37H,12,14H2,1-5H3,(H,33,39)(H,35,38)/t21-,22-,24-,31?,32-/m0/s1. The third-order valence-corrected chi connectivity index (χ3v) is 8.43. The minimum absolute atomic E-state index is 0.0105. The molecule has 0 fully saturated rings. The van der Waals surface area contributed by atoms with E-state index < -0.39 is 47.6 Å². The van der Waals surface area contributed by atoms with E-state index in [1.54, 1.807) is 0 Å². The summed E-state index contributed by atoms with van der Waals surface area (Å²) >= 11 is 0. The number of hydrogen-bond donors (Lipinski definition) is 4. The van der Waals surface area contributed by atoms with Crippen LogP contribution in [0.15, 0.2) is 46.9 Å². The second-order valence-electron chi connectivity index (χ2n) is 12.2. The van der Waals surface area contributed by atoms with E-state index in [0.29, 0.717) is 5.75 Å². The third-order valence-electron chi connectivity index (χ3n) is 8.43. The van der Waals surface area contributed by atoms with Gasteiger partial charge >= 0.3 is 5.97 Å². The molecule has 6 rings (SSSR count). The molecule has 0 saturated carbocycles. The first kappa shape index (κ1) is 28.7. The monoisotopic (exact) mass is 588 g/mol. The van der Waals surface area contributed by atoms with Crippen LogP contribution in [0.5, 0.6) is 5.75 Å². The second-order valence-corrected chi connectivity index (χ2v) is 12.2. The number of carbonyl (C=O) groups excluding carboxylic acids is 3. The van der Waals surface area contributed by atoms with E-state index in [2.05, 4.69) is 20.9 Å². The molecule has 4 N–H and O–H groups in total. The zero-order valence-electron chi connectivity index (χ0n) is 24.8. The Kier molecular flexibility index (Phi) is 7.16. The molecule has 11 nitrogen and oxygen atoms in total. The summed E-state index contributed by atoms with van der Waals surface area (Å²) in [5.74, 6) is -0.921. The maximum absolute atomic E-state index is 13.8. The van der Waals surface area contributed by atoms with Crippen LogP contribution in [0, 0.1) is 11.8 Å². The van der Waals surface area contributed by atoms with Crippen molar-refractivity contribution in [3.8, 4) is 5.75 Å². The average molecular weight is 589 g/mol. The van der Waals surface area contributed by atoms with Gasteiger partial charge in [-0.1, -0.05) is 58.0 Å². The van der Waals surface area contributed by atoms with E-state index in [1.807, 2.05) is 70.2 Å². The largest absolute Gasteiger partial charge is 0.469 e. The van der Waals surface area contributed by atoms with Crippen LogP contribution in [0.4, 0.5) is 5.69 Å². The van der Waals surface area contributed by atoms with Crippen molar-refractivity contribution in [2.45, 2.75) is 70.4 Å². The summed E-state index contributed by atoms with van der Waals surface area (Å²) in [6.07, 6.45) is -1.51. The number of amides is 2. The van der Waals surface area contributed by atoms with Crippen LogP contribution in [0.25, 0.3) is 0 Å². The normalized spacial score (nSPS) is 24.1. The van der Waals surface area contributed by atoms with Crippen LogP contribution in [0.2, 0.25) is 0 Å². The number of oxazole rings is 1. The maximum atomic E-state index is 13.8. The number of nitrogens with zero attached hydrogens (tertiary/aromatic N) is 1. The number of benzene rings is 2. The molecule has 0 aliphatic carbocycles. The fourth-order valence-corrected chi connectivity index (χ4v) is 6.36. The smallest absolute Gasteiger partial charge is 0.360 e. The van der Waals surface area contributed by atoms with Crippen molar-refractivity contribution in [1.82, 2.24) is 15.6 Å². The number of aliphatic hydroxyl groups excluding tert-OH is 1. The van der Waals surface area contributed by atoms with Gasteiger partial charge in [0.1, 0.15) is 29.4 Å². The molecule has 43 heavy (non-hydrogen) atoms. The number of methoxy groups -OCH3 is 1. The molecule has 0 saturated heterocycles. The van der Waals surface area contributed by atoms with E-state index in [-0.39, 0.29) is 42.0 Å². The van der Waals surface area contributed by atoms with Gasteiger partial charge in [-0.3, -0.25) is 9.59 Å². The van der Waals surface area contributed by atoms with Crippen molar-refractivity contribution in [1.29, 1.82) is 0 Å². The lowest BCUT2D eigenvalue weighted by Crippen LogP contribution is -2.52. The molecule has 226 valence electrons. The number of nitrogens with one attached hydrogen (secondary N) is 3. The van der Waals surface area contributed by atoms with Crippen LogP contribution in [0.3, 0.4) is 0 Å². The summed E-state index contributed by atoms with van der Waals surface area (Å²) < 4.78 is 18.2. The summed E-state index contributed by atoms with van der Waals surface area (Å²) in [5, 5.41) is 19.7. The van der Waals surface area contributed by atoms with Crippen LogP contribution in [-0.4, -0.2) is 53.4 Å². The van der Waals surface area contributed by atoms with Crippen molar-refractivity contribution >= 4 is 23.5 Å². The molecule has 0 radical (unpaired) electrons. The molecular weight excluding hydrogens is 552 g/mol. The Morgan fingerprint density at radius 1 is 1.14 bits per heavy atom. The van der Waals surface area contributed by atoms with Gasteiger partial charge in [0.05, 0.1) is 7.11 Å². The van der Waals surface area contributed by atoms with Crippen LogP contribution in [-0.2, 0) is 26.2 Å². The number of hydrogen-bond acceptors (Lipinski definition) is 9. The summed E-state index contributed by atoms with van der Waals surface area (Å²) in [6.45, 7) is 7.60. The van der Waals surface area contributed by atoms with Gasteiger partial charge in [0.2, 0.25) is 17.7 Å². The zero-order chi connectivity index (χ0) is 30.6. The number of rotatable bonds is 6. The van der Waals surface area contributed by atoms with Crippen molar-refractivity contribution < 1.29 is 33.4 Å². The third kappa shape index (κ3) is 4.62. The van der Waals surface area contributed by atoms with Gasteiger partial charge in [-0.15, -0.1) is 0 Å². The molecule has 4 bridgehead atoms. The lowest BCUT2D eigenvalue weighted by molar-refractivity contribution is -0.135. The first-order valence-electron chi connectivity index (χ1n) is 14.6. The highest BCUT2D eigenvalue weighted by atomic mass is 16.5. The topological polar surface area (TPSA) is 152 Å². The first-order valence-corrected chi connectivity index (χ1v) is 14.6. The highest BCUT2D eigenvalue weighted by Gasteiger charge is 2.61. The SMILES string of the molecule is COC(=O)c1nc2oc1[C@@]13c4ccccc4NC1Oc1ccc(cc13)C[C@H](NC(=O)[C@@H](O)CC(C)C)C(=O)N[C@H]2C(C)C. The van der Waals surface area contributed by atoms with Gasteiger partial charge in [0, 0.05) is 17.7 Å². The first-order chi connectivity index (χ1) is 20.5. The Hall–Kier alpha value is -4.38. The molecule has 3 aliphatic rings. The van der Waals surface area contributed by atoms with E-state index in [0.717, 1.165) is 22.4 Å². The number of aliphatic hydroxyl groups is 1. The Labute approximate surface area is 249 Å². The fourth-order valence-electron chi connectivity index (χ4n) is 6.36. The molecule has 1 unspecified atom stereocenters. The van der Waals surface area contributed by atoms with Gasteiger partial charge in [-0.05, 0) is 41.5 Å². The Bertz CT molecular complexity index is 1600. The fraction of sp³-hybridized carbons (Fsp3) is 0.438. The van der Waals surface area contributed by atoms with Crippen molar-refractivity contribution in [2.24, 2.45) is 11.8 Å². The Morgan fingerprint density at radius 2 is 1.91 bits per heavy atom. The minimum atomic E-state index is -1.26. The molecule has 11 heteroatoms. The van der Waals surface area contributed by atoms with E-state index in [9.17, 15) is 19.5 Å². The number of aromatic nitrogens is 1. The van der Waals surface area contributed by atoms with Crippen molar-refractivity contribution in [3.63, 3.8) is 0 Å². The van der Waals surface area contributed by atoms with Crippen molar-refractivity contribution in [3.05, 3.63) is 76.5 Å². The highest BCUT2D eigenvalue weighted by Crippen LogP contribution is 2.58.